The standard InChI is InChI=1S/C61H39NO/c1-4-20-42(21-5-1)61(43-22-6-2-7-23-43)56-31-17-16-30-51(56)52-34-32-46(39-57(52)61)62(44-24-8-3-9-25-44)45-33-35-58-53(38-45)55-37-41-19-11-13-27-48(41)59(60(55)63-58)54-36-40-18-10-12-26-47(40)49-28-14-15-29-50(49)54/h1-39H. The third-order valence-corrected chi connectivity index (χ3v) is 13.5. The maximum absolute atomic E-state index is 7.06. The second-order valence-corrected chi connectivity index (χ2v) is 16.8. The van der Waals surface area contributed by atoms with E-state index >= 15 is 0 Å². The molecule has 1 aromatic heterocycles. The average molecular weight is 802 g/mol. The van der Waals surface area contributed by atoms with Crippen LogP contribution >= 0.6 is 0 Å². The highest BCUT2D eigenvalue weighted by molar-refractivity contribution is 6.24. The van der Waals surface area contributed by atoms with E-state index in [1.54, 1.807) is 0 Å². The summed E-state index contributed by atoms with van der Waals surface area (Å²) in [5, 5.41) is 9.46. The fourth-order valence-electron chi connectivity index (χ4n) is 10.8. The maximum atomic E-state index is 7.06. The second kappa shape index (κ2) is 13.9. The highest BCUT2D eigenvalue weighted by atomic mass is 16.3. The van der Waals surface area contributed by atoms with Crippen LogP contribution in [0.4, 0.5) is 17.1 Å². The Morgan fingerprint density at radius 3 is 1.62 bits per heavy atom. The smallest absolute Gasteiger partial charge is 0.143 e. The van der Waals surface area contributed by atoms with Gasteiger partial charge in [-0.3, -0.25) is 0 Å². The quantitative estimate of drug-likeness (QED) is 0.156. The minimum atomic E-state index is -0.512. The van der Waals surface area contributed by atoms with Gasteiger partial charge in [-0.1, -0.05) is 182 Å². The number of fused-ring (bicyclic) bond motifs is 10. The number of para-hydroxylation sites is 1. The van der Waals surface area contributed by atoms with Gasteiger partial charge in [0.2, 0.25) is 0 Å². The summed E-state index contributed by atoms with van der Waals surface area (Å²) in [4.78, 5) is 2.40. The second-order valence-electron chi connectivity index (χ2n) is 16.8. The van der Waals surface area contributed by atoms with Crippen molar-refractivity contribution in [2.75, 3.05) is 4.90 Å². The van der Waals surface area contributed by atoms with E-state index < -0.39 is 5.41 Å². The minimum absolute atomic E-state index is 0.512. The van der Waals surface area contributed by atoms with Crippen LogP contribution in [0.25, 0.3) is 76.5 Å². The van der Waals surface area contributed by atoms with Crippen molar-refractivity contribution in [1.82, 2.24) is 0 Å². The van der Waals surface area contributed by atoms with E-state index in [1.165, 1.54) is 71.3 Å². The normalized spacial score (nSPS) is 12.9. The number of benzene rings is 11. The topological polar surface area (TPSA) is 16.4 Å². The molecule has 11 aromatic carbocycles. The molecule has 0 spiro atoms. The molecule has 0 fully saturated rings. The van der Waals surface area contributed by atoms with Gasteiger partial charge in [0.05, 0.1) is 5.41 Å². The van der Waals surface area contributed by atoms with Crippen molar-refractivity contribution >= 4 is 71.3 Å². The van der Waals surface area contributed by atoms with Crippen molar-refractivity contribution in [3.8, 4) is 22.3 Å². The van der Waals surface area contributed by atoms with E-state index in [0.717, 1.165) is 44.6 Å². The summed E-state index contributed by atoms with van der Waals surface area (Å²) >= 11 is 0. The number of anilines is 3. The molecule has 0 aliphatic heterocycles. The summed E-state index contributed by atoms with van der Waals surface area (Å²) in [5.41, 5.74) is 14.4. The molecule has 2 heteroatoms. The number of furan rings is 1. The lowest BCUT2D eigenvalue weighted by atomic mass is 9.67. The van der Waals surface area contributed by atoms with Crippen LogP contribution in [-0.2, 0) is 5.41 Å². The molecule has 1 aliphatic rings. The molecule has 0 N–H and O–H groups in total. The Morgan fingerprint density at radius 2 is 0.873 bits per heavy atom. The summed E-state index contributed by atoms with van der Waals surface area (Å²) in [6.07, 6.45) is 0. The zero-order chi connectivity index (χ0) is 41.5. The fourth-order valence-corrected chi connectivity index (χ4v) is 10.8. The predicted octanol–water partition coefficient (Wildman–Crippen LogP) is 16.5. The first-order valence-electron chi connectivity index (χ1n) is 21.8. The van der Waals surface area contributed by atoms with Crippen LogP contribution in [0.3, 0.4) is 0 Å². The molecule has 0 saturated carbocycles. The van der Waals surface area contributed by atoms with Gasteiger partial charge in [-0.2, -0.15) is 0 Å². The van der Waals surface area contributed by atoms with E-state index in [4.69, 9.17) is 4.42 Å². The van der Waals surface area contributed by atoms with Crippen molar-refractivity contribution in [1.29, 1.82) is 0 Å². The Labute approximate surface area is 365 Å². The van der Waals surface area contributed by atoms with Crippen LogP contribution in [0, 0.1) is 0 Å². The van der Waals surface area contributed by atoms with Crippen molar-refractivity contribution < 1.29 is 4.42 Å². The molecule has 0 radical (unpaired) electrons. The van der Waals surface area contributed by atoms with E-state index in [0.29, 0.717) is 0 Å². The molecule has 13 rings (SSSR count). The molecule has 1 heterocycles. The predicted molar refractivity (Wildman–Crippen MR) is 264 cm³/mol. The van der Waals surface area contributed by atoms with Crippen LogP contribution in [0.15, 0.2) is 241 Å². The van der Waals surface area contributed by atoms with Gasteiger partial charge >= 0.3 is 0 Å². The summed E-state index contributed by atoms with van der Waals surface area (Å²) in [7, 11) is 0. The van der Waals surface area contributed by atoms with E-state index in [1.807, 2.05) is 0 Å². The van der Waals surface area contributed by atoms with Crippen LogP contribution < -0.4 is 4.90 Å². The zero-order valence-electron chi connectivity index (χ0n) is 34.4. The molecule has 0 unspecified atom stereocenters. The van der Waals surface area contributed by atoms with Gasteiger partial charge in [0.25, 0.3) is 0 Å². The maximum Gasteiger partial charge on any atom is 0.143 e. The Morgan fingerprint density at radius 1 is 0.317 bits per heavy atom. The Kier molecular flexibility index (Phi) is 7.85. The van der Waals surface area contributed by atoms with Crippen molar-refractivity contribution in [3.63, 3.8) is 0 Å². The molecule has 0 atom stereocenters. The molecule has 0 bridgehead atoms. The molecule has 12 aromatic rings. The molecule has 0 amide bonds. The third kappa shape index (κ3) is 5.25. The lowest BCUT2D eigenvalue weighted by Crippen LogP contribution is -2.28. The van der Waals surface area contributed by atoms with Crippen LogP contribution in [0.1, 0.15) is 22.3 Å². The molecule has 1 aliphatic carbocycles. The van der Waals surface area contributed by atoms with E-state index in [-0.39, 0.29) is 0 Å². The highest BCUT2D eigenvalue weighted by Crippen LogP contribution is 2.57. The summed E-state index contributed by atoms with van der Waals surface area (Å²) < 4.78 is 7.06. The van der Waals surface area contributed by atoms with Gasteiger partial charge in [0.15, 0.2) is 0 Å². The van der Waals surface area contributed by atoms with Crippen LogP contribution in [-0.4, -0.2) is 0 Å². The van der Waals surface area contributed by atoms with Gasteiger partial charge in [-0.25, -0.2) is 0 Å². The van der Waals surface area contributed by atoms with Gasteiger partial charge in [0, 0.05) is 33.4 Å². The summed E-state index contributed by atoms with van der Waals surface area (Å²) in [5.74, 6) is 0. The molecule has 0 saturated heterocycles. The van der Waals surface area contributed by atoms with Crippen LogP contribution in [0.2, 0.25) is 0 Å². The Balaban J connectivity index is 1.06. The molecular weight excluding hydrogens is 763 g/mol. The summed E-state index contributed by atoms with van der Waals surface area (Å²) in [6.45, 7) is 0. The molecule has 2 nitrogen and oxygen atoms in total. The number of rotatable bonds is 6. The van der Waals surface area contributed by atoms with E-state index in [9.17, 15) is 0 Å². The molecular formula is C61H39NO. The zero-order valence-corrected chi connectivity index (χ0v) is 34.4. The highest BCUT2D eigenvalue weighted by Gasteiger charge is 2.46. The first-order valence-corrected chi connectivity index (χ1v) is 21.8. The lowest BCUT2D eigenvalue weighted by molar-refractivity contribution is 0.670. The van der Waals surface area contributed by atoms with Crippen molar-refractivity contribution in [3.05, 3.63) is 259 Å². The number of nitrogens with zero attached hydrogens (tertiary/aromatic N) is 1. The lowest BCUT2D eigenvalue weighted by Gasteiger charge is -2.35. The fraction of sp³-hybridized carbons (Fsp3) is 0.0164. The van der Waals surface area contributed by atoms with Crippen molar-refractivity contribution in [2.45, 2.75) is 5.41 Å². The van der Waals surface area contributed by atoms with Gasteiger partial charge in [-0.05, 0) is 126 Å². The first kappa shape index (κ1) is 35.5. The van der Waals surface area contributed by atoms with E-state index in [2.05, 4.69) is 241 Å². The molecule has 63 heavy (non-hydrogen) atoms. The number of hydrogen-bond acceptors (Lipinski definition) is 2. The Hall–Kier alpha value is -8.20. The van der Waals surface area contributed by atoms with Gasteiger partial charge < -0.3 is 9.32 Å². The molecule has 294 valence electrons. The van der Waals surface area contributed by atoms with Gasteiger partial charge in [-0.15, -0.1) is 0 Å². The first-order chi connectivity index (χ1) is 31.3. The average Bonchev–Trinajstić information content (AvgIpc) is 3.87. The monoisotopic (exact) mass is 801 g/mol. The Bertz CT molecular complexity index is 3700. The van der Waals surface area contributed by atoms with Crippen LogP contribution in [0.5, 0.6) is 0 Å². The SMILES string of the molecule is c1ccc(N(c2ccc3c(c2)C(c2ccccc2)(c2ccccc2)c2ccccc2-3)c2ccc3oc4c(-c5cc6ccccc6c6ccccc56)c5ccccc5cc4c3c2)cc1. The third-order valence-electron chi connectivity index (χ3n) is 13.5. The minimum Gasteiger partial charge on any atom is -0.455 e. The van der Waals surface area contributed by atoms with Gasteiger partial charge in [0.1, 0.15) is 11.2 Å². The largest absolute Gasteiger partial charge is 0.455 e. The number of hydrogen-bond donors (Lipinski definition) is 0. The summed E-state index contributed by atoms with van der Waals surface area (Å²) in [6, 6.07) is 86.5. The van der Waals surface area contributed by atoms with Crippen molar-refractivity contribution in [2.24, 2.45) is 0 Å².